The van der Waals surface area contributed by atoms with Crippen LogP contribution in [0.25, 0.3) is 0 Å². The van der Waals surface area contributed by atoms with Gasteiger partial charge in [0.05, 0.1) is 13.0 Å². The zero-order valence-corrected chi connectivity index (χ0v) is 13.4. The first-order chi connectivity index (χ1) is 11.4. The number of nitrogens with zero attached hydrogens (tertiary/aromatic N) is 3. The molecule has 0 aliphatic heterocycles. The van der Waals surface area contributed by atoms with E-state index >= 15 is 0 Å². The van der Waals surface area contributed by atoms with Crippen LogP contribution in [0.15, 0.2) is 18.3 Å². The van der Waals surface area contributed by atoms with E-state index < -0.39 is 18.6 Å². The van der Waals surface area contributed by atoms with Gasteiger partial charge in [-0.3, -0.25) is 5.32 Å². The summed E-state index contributed by atoms with van der Waals surface area (Å²) in [6.45, 7) is 2.39. The highest BCUT2D eigenvalue weighted by atomic mass is 32.1. The first kappa shape index (κ1) is 17.9. The second-order valence-corrected chi connectivity index (χ2v) is 5.56. The lowest BCUT2D eigenvalue weighted by atomic mass is 10.2. The Labute approximate surface area is 139 Å². The van der Waals surface area contributed by atoms with E-state index in [1.807, 2.05) is 6.92 Å². The largest absolute Gasteiger partial charge is 0.478 e. The van der Waals surface area contributed by atoms with Crippen molar-refractivity contribution < 1.29 is 22.7 Å². The van der Waals surface area contributed by atoms with Gasteiger partial charge in [-0.2, -0.15) is 13.2 Å². The van der Waals surface area contributed by atoms with Crippen molar-refractivity contribution >= 4 is 22.5 Å². The van der Waals surface area contributed by atoms with Crippen LogP contribution in [-0.2, 0) is 13.0 Å². The second kappa shape index (κ2) is 7.90. The molecule has 130 valence electrons. The number of amides is 2. The Morgan fingerprint density at radius 3 is 2.88 bits per heavy atom. The lowest BCUT2D eigenvalue weighted by Crippen LogP contribution is -2.28. The Balaban J connectivity index is 1.88. The van der Waals surface area contributed by atoms with Gasteiger partial charge in [0, 0.05) is 18.3 Å². The predicted molar refractivity (Wildman–Crippen MR) is 80.9 cm³/mol. The third-order valence-corrected chi connectivity index (χ3v) is 3.45. The van der Waals surface area contributed by atoms with Crippen LogP contribution in [0, 0.1) is 0 Å². The number of halogens is 3. The van der Waals surface area contributed by atoms with Gasteiger partial charge in [-0.1, -0.05) is 17.4 Å². The van der Waals surface area contributed by atoms with Crippen molar-refractivity contribution in [1.29, 1.82) is 0 Å². The average molecular weight is 361 g/mol. The highest BCUT2D eigenvalue weighted by Crippen LogP contribution is 2.25. The molecule has 7 nitrogen and oxygen atoms in total. The van der Waals surface area contributed by atoms with Crippen LogP contribution < -0.4 is 15.4 Å². The molecule has 0 saturated heterocycles. The van der Waals surface area contributed by atoms with Gasteiger partial charge in [0.2, 0.25) is 11.0 Å². The minimum atomic E-state index is -4.37. The number of aromatic nitrogens is 3. The molecular weight excluding hydrogens is 347 g/mol. The van der Waals surface area contributed by atoms with Gasteiger partial charge in [0.25, 0.3) is 0 Å². The summed E-state index contributed by atoms with van der Waals surface area (Å²) in [6, 6.07) is 2.83. The average Bonchev–Trinajstić information content (AvgIpc) is 2.91. The number of ether oxygens (including phenoxy) is 1. The van der Waals surface area contributed by atoms with Gasteiger partial charge in [0.1, 0.15) is 5.01 Å². The van der Waals surface area contributed by atoms with Gasteiger partial charge < -0.3 is 10.1 Å². The van der Waals surface area contributed by atoms with E-state index in [2.05, 4.69) is 25.8 Å². The van der Waals surface area contributed by atoms with Crippen molar-refractivity contribution in [2.24, 2.45) is 0 Å². The Morgan fingerprint density at radius 2 is 2.17 bits per heavy atom. The van der Waals surface area contributed by atoms with Crippen molar-refractivity contribution in [3.05, 3.63) is 28.9 Å². The molecule has 0 fully saturated rings. The number of hydrogen-bond donors (Lipinski definition) is 2. The number of hydrogen-bond acceptors (Lipinski definition) is 6. The van der Waals surface area contributed by atoms with E-state index in [0.29, 0.717) is 29.4 Å². The number of carbonyl (C=O) groups is 1. The molecule has 0 unspecified atom stereocenters. The Bertz CT molecular complexity index is 692. The maximum absolute atomic E-state index is 12.2. The molecule has 0 spiro atoms. The zero-order valence-electron chi connectivity index (χ0n) is 12.6. The lowest BCUT2D eigenvalue weighted by molar-refractivity contribution is -0.127. The molecule has 2 rings (SSSR count). The number of alkyl halides is 3. The van der Waals surface area contributed by atoms with E-state index in [9.17, 15) is 18.0 Å². The van der Waals surface area contributed by atoms with Gasteiger partial charge in [-0.05, 0) is 13.0 Å². The molecule has 0 radical (unpaired) electrons. The fraction of sp³-hybridized carbons (Fsp3) is 0.385. The van der Waals surface area contributed by atoms with E-state index in [0.717, 1.165) is 0 Å². The van der Waals surface area contributed by atoms with Crippen molar-refractivity contribution in [3.63, 3.8) is 0 Å². The van der Waals surface area contributed by atoms with Crippen LogP contribution in [0.4, 0.5) is 23.1 Å². The van der Waals surface area contributed by atoms with Gasteiger partial charge in [-0.25, -0.2) is 9.78 Å². The van der Waals surface area contributed by atoms with Crippen LogP contribution in [-0.4, -0.2) is 34.0 Å². The van der Waals surface area contributed by atoms with Gasteiger partial charge in [-0.15, -0.1) is 10.2 Å². The Hall–Kier alpha value is -2.43. The standard InChI is InChI=1S/C13H14F3N5O2S/c1-2-23-10-8(4-3-5-17-10)7-18-11(22)19-12-21-20-9(24-12)6-13(14,15)16/h3-5H,2,6-7H2,1H3,(H2,18,19,21,22). The van der Waals surface area contributed by atoms with Crippen LogP contribution in [0.3, 0.4) is 0 Å². The van der Waals surface area contributed by atoms with Crippen LogP contribution in [0.1, 0.15) is 17.5 Å². The monoisotopic (exact) mass is 361 g/mol. The summed E-state index contributed by atoms with van der Waals surface area (Å²) in [5, 5.41) is 11.5. The molecule has 24 heavy (non-hydrogen) atoms. The van der Waals surface area contributed by atoms with E-state index in [1.54, 1.807) is 18.3 Å². The SMILES string of the molecule is CCOc1ncccc1CNC(=O)Nc1nnc(CC(F)(F)F)s1. The molecule has 0 aliphatic rings. The Kier molecular flexibility index (Phi) is 5.90. The quantitative estimate of drug-likeness (QED) is 0.826. The topological polar surface area (TPSA) is 89.0 Å². The summed E-state index contributed by atoms with van der Waals surface area (Å²) in [4.78, 5) is 15.8. The molecule has 2 aromatic rings. The van der Waals surface area contributed by atoms with Crippen molar-refractivity contribution in [2.45, 2.75) is 26.1 Å². The first-order valence-electron chi connectivity index (χ1n) is 6.88. The molecule has 0 atom stereocenters. The van der Waals surface area contributed by atoms with Crippen molar-refractivity contribution in [1.82, 2.24) is 20.5 Å². The summed E-state index contributed by atoms with van der Waals surface area (Å²) in [6.07, 6.45) is -3.98. The molecule has 2 aromatic heterocycles. The summed E-state index contributed by atoms with van der Waals surface area (Å²) < 4.78 is 42.1. The van der Waals surface area contributed by atoms with Crippen LogP contribution in [0.2, 0.25) is 0 Å². The van der Waals surface area contributed by atoms with Crippen LogP contribution in [0.5, 0.6) is 5.88 Å². The molecule has 0 aliphatic carbocycles. The summed E-state index contributed by atoms with van der Waals surface area (Å²) in [5.74, 6) is 0.406. The number of urea groups is 1. The maximum atomic E-state index is 12.2. The maximum Gasteiger partial charge on any atom is 0.395 e. The van der Waals surface area contributed by atoms with Crippen molar-refractivity contribution in [3.8, 4) is 5.88 Å². The number of carbonyl (C=O) groups excluding carboxylic acids is 1. The molecule has 2 heterocycles. The van der Waals surface area contributed by atoms with Crippen LogP contribution >= 0.6 is 11.3 Å². The van der Waals surface area contributed by atoms with Gasteiger partial charge >= 0.3 is 12.2 Å². The molecule has 11 heteroatoms. The van der Waals surface area contributed by atoms with Crippen molar-refractivity contribution in [2.75, 3.05) is 11.9 Å². The summed E-state index contributed by atoms with van der Waals surface area (Å²) in [7, 11) is 0. The van der Waals surface area contributed by atoms with E-state index in [1.165, 1.54) is 0 Å². The molecule has 2 N–H and O–H groups in total. The number of rotatable bonds is 6. The fourth-order valence-electron chi connectivity index (χ4n) is 1.69. The van der Waals surface area contributed by atoms with Gasteiger partial charge in [0.15, 0.2) is 0 Å². The fourth-order valence-corrected chi connectivity index (χ4v) is 2.46. The molecular formula is C13H14F3N5O2S. The highest BCUT2D eigenvalue weighted by Gasteiger charge is 2.30. The number of pyridine rings is 1. The Morgan fingerprint density at radius 1 is 1.38 bits per heavy atom. The normalized spacial score (nSPS) is 11.2. The molecule has 0 saturated carbocycles. The molecule has 2 amide bonds. The highest BCUT2D eigenvalue weighted by molar-refractivity contribution is 7.15. The third kappa shape index (κ3) is 5.65. The van der Waals surface area contributed by atoms with E-state index in [4.69, 9.17) is 4.74 Å². The van der Waals surface area contributed by atoms with E-state index in [-0.39, 0.29) is 16.7 Å². The third-order valence-electron chi connectivity index (χ3n) is 2.61. The predicted octanol–water partition coefficient (Wildman–Crippen LogP) is 2.76. The number of anilines is 1. The molecule has 0 bridgehead atoms. The molecule has 0 aromatic carbocycles. The minimum Gasteiger partial charge on any atom is -0.478 e. The first-order valence-corrected chi connectivity index (χ1v) is 7.69. The minimum absolute atomic E-state index is 0.0111. The number of nitrogens with one attached hydrogen (secondary N) is 2. The summed E-state index contributed by atoms with van der Waals surface area (Å²) >= 11 is 0.670. The smallest absolute Gasteiger partial charge is 0.395 e. The zero-order chi connectivity index (χ0) is 17.6. The lowest BCUT2D eigenvalue weighted by Gasteiger charge is -2.09. The summed E-state index contributed by atoms with van der Waals surface area (Å²) in [5.41, 5.74) is 0.671. The second-order valence-electron chi connectivity index (χ2n) is 4.50.